The SMILES string of the molecule is CSCCNS(=O)(=O)c1cc(CNC2CC2)oc1C. The Labute approximate surface area is 118 Å². The van der Waals surface area contributed by atoms with Crippen LogP contribution in [0.15, 0.2) is 15.4 Å². The van der Waals surface area contributed by atoms with Crippen LogP contribution in [0.5, 0.6) is 0 Å². The second kappa shape index (κ2) is 6.30. The van der Waals surface area contributed by atoms with Crippen molar-refractivity contribution < 1.29 is 12.8 Å². The van der Waals surface area contributed by atoms with Gasteiger partial charge in [-0.2, -0.15) is 11.8 Å². The quantitative estimate of drug-likeness (QED) is 0.712. The summed E-state index contributed by atoms with van der Waals surface area (Å²) in [6, 6.07) is 2.19. The van der Waals surface area contributed by atoms with E-state index in [4.69, 9.17) is 4.42 Å². The maximum Gasteiger partial charge on any atom is 0.244 e. The van der Waals surface area contributed by atoms with Crippen molar-refractivity contribution in [1.29, 1.82) is 0 Å². The van der Waals surface area contributed by atoms with Gasteiger partial charge in [0.2, 0.25) is 10.0 Å². The fraction of sp³-hybridized carbons (Fsp3) is 0.667. The minimum Gasteiger partial charge on any atom is -0.464 e. The molecule has 0 atom stereocenters. The molecule has 0 saturated heterocycles. The molecule has 5 nitrogen and oxygen atoms in total. The molecule has 1 aliphatic rings. The summed E-state index contributed by atoms with van der Waals surface area (Å²) in [5.41, 5.74) is 0. The van der Waals surface area contributed by atoms with E-state index in [1.54, 1.807) is 24.8 Å². The predicted molar refractivity (Wildman–Crippen MR) is 76.9 cm³/mol. The van der Waals surface area contributed by atoms with Crippen molar-refractivity contribution in [2.45, 2.75) is 37.2 Å². The summed E-state index contributed by atoms with van der Waals surface area (Å²) < 4.78 is 32.3. The zero-order chi connectivity index (χ0) is 13.9. The molecule has 1 saturated carbocycles. The number of rotatable bonds is 8. The molecule has 0 radical (unpaired) electrons. The first-order chi connectivity index (χ1) is 9.03. The van der Waals surface area contributed by atoms with Crippen molar-refractivity contribution in [3.8, 4) is 0 Å². The number of nitrogens with one attached hydrogen (secondary N) is 2. The number of hydrogen-bond acceptors (Lipinski definition) is 5. The zero-order valence-corrected chi connectivity index (χ0v) is 12.9. The summed E-state index contributed by atoms with van der Waals surface area (Å²) in [4.78, 5) is 0.251. The molecule has 0 spiro atoms. The van der Waals surface area contributed by atoms with E-state index in [9.17, 15) is 8.42 Å². The Kier molecular flexibility index (Phi) is 4.94. The van der Waals surface area contributed by atoms with E-state index in [2.05, 4.69) is 10.0 Å². The van der Waals surface area contributed by atoms with Gasteiger partial charge in [-0.1, -0.05) is 0 Å². The summed E-state index contributed by atoms with van der Waals surface area (Å²) in [7, 11) is -3.45. The second-order valence-corrected chi connectivity index (χ2v) is 7.40. The van der Waals surface area contributed by atoms with Crippen LogP contribution in [0.3, 0.4) is 0 Å². The molecule has 19 heavy (non-hydrogen) atoms. The average Bonchev–Trinajstić information content (AvgIpc) is 3.09. The molecular formula is C12H20N2O3S2. The summed E-state index contributed by atoms with van der Waals surface area (Å²) in [5, 5.41) is 3.30. The summed E-state index contributed by atoms with van der Waals surface area (Å²) >= 11 is 1.60. The van der Waals surface area contributed by atoms with Crippen molar-refractivity contribution in [3.05, 3.63) is 17.6 Å². The van der Waals surface area contributed by atoms with Crippen LogP contribution in [0, 0.1) is 6.92 Å². The third kappa shape index (κ3) is 4.24. The van der Waals surface area contributed by atoms with Gasteiger partial charge in [0.05, 0.1) is 6.54 Å². The molecule has 0 bridgehead atoms. The molecule has 0 aromatic carbocycles. The maximum atomic E-state index is 12.1. The molecule has 1 aromatic heterocycles. The van der Waals surface area contributed by atoms with Gasteiger partial charge in [0.25, 0.3) is 0 Å². The molecule has 7 heteroatoms. The van der Waals surface area contributed by atoms with E-state index in [0.29, 0.717) is 30.7 Å². The van der Waals surface area contributed by atoms with Gasteiger partial charge in [-0.15, -0.1) is 0 Å². The monoisotopic (exact) mass is 304 g/mol. The summed E-state index contributed by atoms with van der Waals surface area (Å²) in [5.74, 6) is 1.88. The lowest BCUT2D eigenvalue weighted by Gasteiger charge is -2.03. The van der Waals surface area contributed by atoms with E-state index in [-0.39, 0.29) is 4.90 Å². The number of sulfonamides is 1. The minimum atomic E-state index is -3.45. The fourth-order valence-electron chi connectivity index (χ4n) is 1.77. The summed E-state index contributed by atoms with van der Waals surface area (Å²) in [6.45, 7) is 2.71. The highest BCUT2D eigenvalue weighted by Gasteiger charge is 2.23. The van der Waals surface area contributed by atoms with E-state index in [1.807, 2.05) is 6.26 Å². The van der Waals surface area contributed by atoms with E-state index in [0.717, 1.165) is 5.75 Å². The standard InChI is InChI=1S/C12H20N2O3S2/c1-9-12(19(15,16)14-5-6-18-2)7-11(17-9)8-13-10-3-4-10/h7,10,13-14H,3-6,8H2,1-2H3. The predicted octanol–water partition coefficient (Wildman–Crippen LogP) is 1.48. The molecule has 1 aliphatic carbocycles. The Morgan fingerprint density at radius 3 is 2.84 bits per heavy atom. The first kappa shape index (κ1) is 14.9. The number of hydrogen-bond donors (Lipinski definition) is 2. The maximum absolute atomic E-state index is 12.1. The minimum absolute atomic E-state index is 0.251. The van der Waals surface area contributed by atoms with E-state index >= 15 is 0 Å². The smallest absolute Gasteiger partial charge is 0.244 e. The number of thioether (sulfide) groups is 1. The van der Waals surface area contributed by atoms with Crippen molar-refractivity contribution >= 4 is 21.8 Å². The van der Waals surface area contributed by atoms with Crippen LogP contribution in [0.1, 0.15) is 24.4 Å². The van der Waals surface area contributed by atoms with Gasteiger partial charge in [0.15, 0.2) is 0 Å². The van der Waals surface area contributed by atoms with Crippen LogP contribution in [0.2, 0.25) is 0 Å². The lowest BCUT2D eigenvalue weighted by atomic mass is 10.4. The Hall–Kier alpha value is -0.500. The molecule has 2 rings (SSSR count). The Morgan fingerprint density at radius 2 is 2.21 bits per heavy atom. The Balaban J connectivity index is 2.01. The number of aryl methyl sites for hydroxylation is 1. The first-order valence-corrected chi connectivity index (χ1v) is 9.22. The molecule has 2 N–H and O–H groups in total. The van der Waals surface area contributed by atoms with Gasteiger partial charge < -0.3 is 9.73 Å². The number of furan rings is 1. The molecule has 0 amide bonds. The molecule has 0 aliphatic heterocycles. The van der Waals surface area contributed by atoms with E-state index in [1.165, 1.54) is 12.8 Å². The van der Waals surface area contributed by atoms with Crippen LogP contribution in [0.25, 0.3) is 0 Å². The van der Waals surface area contributed by atoms with Crippen LogP contribution in [-0.4, -0.2) is 33.0 Å². The Morgan fingerprint density at radius 1 is 1.47 bits per heavy atom. The fourth-order valence-corrected chi connectivity index (χ4v) is 3.43. The first-order valence-electron chi connectivity index (χ1n) is 6.34. The largest absolute Gasteiger partial charge is 0.464 e. The van der Waals surface area contributed by atoms with Gasteiger partial charge in [-0.3, -0.25) is 0 Å². The van der Waals surface area contributed by atoms with Crippen LogP contribution < -0.4 is 10.0 Å². The molecule has 1 heterocycles. The molecule has 108 valence electrons. The summed E-state index contributed by atoms with van der Waals surface area (Å²) in [6.07, 6.45) is 4.33. The van der Waals surface area contributed by atoms with Crippen molar-refractivity contribution in [2.24, 2.45) is 0 Å². The highest BCUT2D eigenvalue weighted by atomic mass is 32.2. The van der Waals surface area contributed by atoms with Crippen LogP contribution >= 0.6 is 11.8 Å². The van der Waals surface area contributed by atoms with Crippen molar-refractivity contribution in [3.63, 3.8) is 0 Å². The lowest BCUT2D eigenvalue weighted by Crippen LogP contribution is -2.26. The third-order valence-electron chi connectivity index (χ3n) is 2.95. The van der Waals surface area contributed by atoms with E-state index < -0.39 is 10.0 Å². The van der Waals surface area contributed by atoms with Crippen LogP contribution in [0.4, 0.5) is 0 Å². The van der Waals surface area contributed by atoms with Gasteiger partial charge in [-0.25, -0.2) is 13.1 Å². The van der Waals surface area contributed by atoms with Gasteiger partial charge in [-0.05, 0) is 26.0 Å². The Bertz CT molecular complexity index is 521. The highest BCUT2D eigenvalue weighted by molar-refractivity contribution is 7.98. The highest BCUT2D eigenvalue weighted by Crippen LogP contribution is 2.22. The average molecular weight is 304 g/mol. The third-order valence-corrected chi connectivity index (χ3v) is 5.13. The zero-order valence-electron chi connectivity index (χ0n) is 11.2. The lowest BCUT2D eigenvalue weighted by molar-refractivity contribution is 0.456. The second-order valence-electron chi connectivity index (χ2n) is 4.68. The topological polar surface area (TPSA) is 71.3 Å². The van der Waals surface area contributed by atoms with Crippen molar-refractivity contribution in [1.82, 2.24) is 10.0 Å². The van der Waals surface area contributed by atoms with Gasteiger partial charge >= 0.3 is 0 Å². The molecule has 1 aromatic rings. The van der Waals surface area contributed by atoms with Crippen LogP contribution in [-0.2, 0) is 16.6 Å². The van der Waals surface area contributed by atoms with Gasteiger partial charge in [0, 0.05) is 24.4 Å². The molecule has 0 unspecified atom stereocenters. The van der Waals surface area contributed by atoms with Gasteiger partial charge in [0.1, 0.15) is 16.4 Å². The normalized spacial score (nSPS) is 15.9. The molecular weight excluding hydrogens is 284 g/mol. The molecule has 1 fully saturated rings. The van der Waals surface area contributed by atoms with Crippen molar-refractivity contribution in [2.75, 3.05) is 18.6 Å².